The molecule has 1 aromatic heterocycles. The van der Waals surface area contributed by atoms with E-state index in [1.807, 2.05) is 0 Å². The fraction of sp³-hybridized carbons (Fsp3) is 0.308. The molecular weight excluding hydrogens is 556 g/mol. The van der Waals surface area contributed by atoms with Crippen molar-refractivity contribution in [2.24, 2.45) is 0 Å². The van der Waals surface area contributed by atoms with Crippen molar-refractivity contribution in [3.63, 3.8) is 0 Å². The molecule has 13 heteroatoms. The first-order valence-electron chi connectivity index (χ1n) is 11.7. The van der Waals surface area contributed by atoms with Gasteiger partial charge in [-0.3, -0.25) is 14.5 Å². The summed E-state index contributed by atoms with van der Waals surface area (Å²) < 4.78 is 59.6. The van der Waals surface area contributed by atoms with Crippen LogP contribution in [0.2, 0.25) is 5.02 Å². The first-order chi connectivity index (χ1) is 18.1. The van der Waals surface area contributed by atoms with Gasteiger partial charge in [-0.1, -0.05) is 17.7 Å². The maximum absolute atomic E-state index is 13.9. The number of rotatable bonds is 8. The molecule has 0 atom stereocenters. The Balaban J connectivity index is 1.59. The molecule has 4 rings (SSSR count). The van der Waals surface area contributed by atoms with Crippen LogP contribution in [-0.4, -0.2) is 42.5 Å². The lowest BCUT2D eigenvalue weighted by atomic mass is 10.0. The molecule has 2 heterocycles. The summed E-state index contributed by atoms with van der Waals surface area (Å²) in [6, 6.07) is 9.26. The number of hydrogen-bond donors (Lipinski definition) is 1. The molecule has 208 valence electrons. The highest BCUT2D eigenvalue weighted by atomic mass is 35.5. The van der Waals surface area contributed by atoms with Crippen LogP contribution in [-0.2, 0) is 28.0 Å². The van der Waals surface area contributed by atoms with E-state index in [1.165, 1.54) is 41.6 Å². The minimum Gasteiger partial charge on any atom is -0.487 e. The molecule has 39 heavy (non-hydrogen) atoms. The van der Waals surface area contributed by atoms with Crippen LogP contribution >= 0.6 is 11.6 Å². The molecule has 1 amide bonds. The molecule has 0 unspecified atom stereocenters. The van der Waals surface area contributed by atoms with E-state index >= 15 is 0 Å². The summed E-state index contributed by atoms with van der Waals surface area (Å²) >= 11 is 6.22. The average Bonchev–Trinajstić information content (AvgIpc) is 3.21. The number of amides is 1. The Morgan fingerprint density at radius 2 is 1.85 bits per heavy atom. The van der Waals surface area contributed by atoms with Crippen molar-refractivity contribution in [1.29, 1.82) is 0 Å². The van der Waals surface area contributed by atoms with E-state index in [9.17, 15) is 31.9 Å². The fourth-order valence-electron chi connectivity index (χ4n) is 4.09. The van der Waals surface area contributed by atoms with Crippen molar-refractivity contribution in [3.8, 4) is 5.75 Å². The summed E-state index contributed by atoms with van der Waals surface area (Å²) in [6.45, 7) is 2.48. The Labute approximate surface area is 228 Å². The number of ether oxygens (including phenoxy) is 1. The first-order valence-corrected chi connectivity index (χ1v) is 14.0. The highest BCUT2D eigenvalue weighted by Crippen LogP contribution is 2.39. The quantitative estimate of drug-likeness (QED) is 0.435. The number of anilines is 2. The van der Waals surface area contributed by atoms with Crippen molar-refractivity contribution in [1.82, 2.24) is 4.57 Å². The van der Waals surface area contributed by atoms with Crippen LogP contribution in [0.15, 0.2) is 53.5 Å². The van der Waals surface area contributed by atoms with Gasteiger partial charge in [0, 0.05) is 17.8 Å². The number of fused-ring (bicyclic) bond motifs is 1. The average molecular weight is 582 g/mol. The summed E-state index contributed by atoms with van der Waals surface area (Å²) in [7, 11) is -3.70. The van der Waals surface area contributed by atoms with Gasteiger partial charge in [0.25, 0.3) is 5.56 Å². The van der Waals surface area contributed by atoms with E-state index in [2.05, 4.69) is 0 Å². The minimum atomic E-state index is -3.70. The first kappa shape index (κ1) is 28.5. The molecule has 0 bridgehead atoms. The number of carbonyl (C=O) groups is 1. The normalized spacial score (nSPS) is 13.5. The number of aromatic nitrogens is 1. The summed E-state index contributed by atoms with van der Waals surface area (Å²) in [5, 5.41) is 9.86. The van der Waals surface area contributed by atoms with Crippen molar-refractivity contribution in [2.45, 2.75) is 39.0 Å². The number of benzene rings is 2. The molecule has 9 nitrogen and oxygen atoms in total. The molecule has 0 aliphatic carbocycles. The zero-order chi connectivity index (χ0) is 28.7. The lowest BCUT2D eigenvalue weighted by molar-refractivity contribution is -0.122. The molecule has 0 fully saturated rings. The topological polar surface area (TPSA) is 109 Å². The van der Waals surface area contributed by atoms with Gasteiger partial charge in [0.1, 0.15) is 35.7 Å². The molecule has 2 aromatic carbocycles. The van der Waals surface area contributed by atoms with Gasteiger partial charge in [0.05, 0.1) is 36.2 Å². The van der Waals surface area contributed by atoms with E-state index < -0.39 is 38.7 Å². The van der Waals surface area contributed by atoms with Crippen LogP contribution in [0.5, 0.6) is 5.75 Å². The van der Waals surface area contributed by atoms with Gasteiger partial charge in [-0.05, 0) is 49.7 Å². The number of hydrogen-bond acceptors (Lipinski definition) is 6. The van der Waals surface area contributed by atoms with Gasteiger partial charge in [0.15, 0.2) is 0 Å². The maximum Gasteiger partial charge on any atom is 0.273 e. The SMILES string of the molecule is CC(C)(O)CC(=O)N1CN(S(C)(=O)=O)c2ccc(Cn3ccc(OCc4ccc(F)cc4F)c(Cl)c3=O)cc21. The predicted octanol–water partition coefficient (Wildman–Crippen LogP) is 3.64. The van der Waals surface area contributed by atoms with Crippen molar-refractivity contribution < 1.29 is 31.8 Å². The Morgan fingerprint density at radius 3 is 2.49 bits per heavy atom. The molecule has 0 saturated heterocycles. The smallest absolute Gasteiger partial charge is 0.273 e. The summed E-state index contributed by atoms with van der Waals surface area (Å²) in [6.07, 6.45) is 2.23. The van der Waals surface area contributed by atoms with Crippen molar-refractivity contribution in [2.75, 3.05) is 22.1 Å². The van der Waals surface area contributed by atoms with E-state index in [4.69, 9.17) is 16.3 Å². The largest absolute Gasteiger partial charge is 0.487 e. The summed E-state index contributed by atoms with van der Waals surface area (Å²) in [5.74, 6) is -1.97. The lowest BCUT2D eigenvalue weighted by Gasteiger charge is -2.23. The van der Waals surface area contributed by atoms with Gasteiger partial charge in [-0.2, -0.15) is 0 Å². The number of aliphatic hydroxyl groups is 1. The summed E-state index contributed by atoms with van der Waals surface area (Å²) in [5.41, 5.74) is -0.613. The third-order valence-corrected chi connectivity index (χ3v) is 7.44. The Kier molecular flexibility index (Phi) is 7.75. The third kappa shape index (κ3) is 6.40. The Hall–Kier alpha value is -3.48. The second kappa shape index (κ2) is 10.6. The number of nitrogens with zero attached hydrogens (tertiary/aromatic N) is 3. The number of pyridine rings is 1. The maximum atomic E-state index is 13.9. The van der Waals surface area contributed by atoms with Crippen LogP contribution in [0.4, 0.5) is 20.2 Å². The van der Waals surface area contributed by atoms with Crippen LogP contribution in [0.25, 0.3) is 0 Å². The number of carbonyl (C=O) groups excluding carboxylic acids is 1. The van der Waals surface area contributed by atoms with E-state index in [0.29, 0.717) is 16.9 Å². The van der Waals surface area contributed by atoms with Crippen LogP contribution in [0.1, 0.15) is 31.4 Å². The second-order valence-electron chi connectivity index (χ2n) is 9.84. The van der Waals surface area contributed by atoms with Gasteiger partial charge >= 0.3 is 0 Å². The number of halogens is 3. The fourth-order valence-corrected chi connectivity index (χ4v) is 5.16. The monoisotopic (exact) mass is 581 g/mol. The summed E-state index contributed by atoms with van der Waals surface area (Å²) in [4.78, 5) is 27.1. The zero-order valence-corrected chi connectivity index (χ0v) is 22.9. The van der Waals surface area contributed by atoms with Gasteiger partial charge < -0.3 is 14.4 Å². The standard InChI is InChI=1S/C26H26ClF2N3O6S/c1-26(2,35)12-23(33)31-15-32(39(3,36)37)20-7-4-16(10-21(20)31)13-30-9-8-22(24(27)25(30)34)38-14-17-5-6-18(28)11-19(17)29/h4-11,35H,12-15H2,1-3H3. The van der Waals surface area contributed by atoms with E-state index in [0.717, 1.165) is 22.7 Å². The molecule has 3 aromatic rings. The minimum absolute atomic E-state index is 0.0165. The third-order valence-electron chi connectivity index (χ3n) is 5.98. The van der Waals surface area contributed by atoms with Gasteiger partial charge in [-0.15, -0.1) is 0 Å². The van der Waals surface area contributed by atoms with Gasteiger partial charge in [0.2, 0.25) is 15.9 Å². The molecular formula is C26H26ClF2N3O6S. The molecule has 0 saturated carbocycles. The highest BCUT2D eigenvalue weighted by molar-refractivity contribution is 7.92. The van der Waals surface area contributed by atoms with Gasteiger partial charge in [-0.25, -0.2) is 21.5 Å². The zero-order valence-electron chi connectivity index (χ0n) is 21.3. The molecule has 0 radical (unpaired) electrons. The van der Waals surface area contributed by atoms with Crippen LogP contribution < -0.4 is 19.5 Å². The number of sulfonamides is 1. The molecule has 1 aliphatic heterocycles. The Morgan fingerprint density at radius 1 is 1.13 bits per heavy atom. The lowest BCUT2D eigenvalue weighted by Crippen LogP contribution is -2.40. The Bertz CT molecular complexity index is 1600. The highest BCUT2D eigenvalue weighted by Gasteiger charge is 2.36. The second-order valence-corrected chi connectivity index (χ2v) is 12.1. The van der Waals surface area contributed by atoms with Crippen molar-refractivity contribution >= 4 is 38.9 Å². The van der Waals surface area contributed by atoms with Crippen LogP contribution in [0.3, 0.4) is 0 Å². The van der Waals surface area contributed by atoms with Crippen LogP contribution in [0, 0.1) is 11.6 Å². The molecule has 1 aliphatic rings. The predicted molar refractivity (Wildman–Crippen MR) is 143 cm³/mol. The molecule has 0 spiro atoms. The molecule has 1 N–H and O–H groups in total. The van der Waals surface area contributed by atoms with E-state index in [-0.39, 0.29) is 42.6 Å². The van der Waals surface area contributed by atoms with E-state index in [1.54, 1.807) is 18.2 Å². The van der Waals surface area contributed by atoms with Crippen molar-refractivity contribution in [3.05, 3.63) is 86.8 Å².